The third-order valence-electron chi connectivity index (χ3n) is 5.25. The van der Waals surface area contributed by atoms with Gasteiger partial charge in [0.15, 0.2) is 0 Å². The van der Waals surface area contributed by atoms with E-state index in [1.807, 2.05) is 30.5 Å². The number of carbonyl (C=O) groups excluding carboxylic acids is 1. The molecule has 0 radical (unpaired) electrons. The summed E-state index contributed by atoms with van der Waals surface area (Å²) < 4.78 is 11.6. The van der Waals surface area contributed by atoms with Crippen LogP contribution in [0.4, 0.5) is 0 Å². The molecular weight excluding hydrogens is 328 g/mol. The van der Waals surface area contributed by atoms with Gasteiger partial charge in [-0.05, 0) is 17.7 Å². The number of amides is 1. The number of fused-ring (bicyclic) bond motifs is 3. The van der Waals surface area contributed by atoms with Crippen molar-refractivity contribution in [1.82, 2.24) is 10.3 Å². The van der Waals surface area contributed by atoms with Crippen LogP contribution < -0.4 is 14.8 Å². The first-order valence-corrected chi connectivity index (χ1v) is 9.04. The maximum absolute atomic E-state index is 12.5. The highest BCUT2D eigenvalue weighted by molar-refractivity contribution is 5.88. The summed E-state index contributed by atoms with van der Waals surface area (Å²) in [4.78, 5) is 15.7. The van der Waals surface area contributed by atoms with Gasteiger partial charge in [-0.1, -0.05) is 18.2 Å². The molecule has 0 saturated carbocycles. The number of aromatic amines is 1. The van der Waals surface area contributed by atoms with Crippen molar-refractivity contribution in [2.75, 3.05) is 13.2 Å². The van der Waals surface area contributed by atoms with Gasteiger partial charge in [-0.2, -0.15) is 0 Å². The highest BCUT2D eigenvalue weighted by Crippen LogP contribution is 2.40. The Morgan fingerprint density at radius 1 is 1.15 bits per heavy atom. The molecule has 0 unspecified atom stereocenters. The summed E-state index contributed by atoms with van der Waals surface area (Å²) in [6.45, 7) is 1.89. The van der Waals surface area contributed by atoms with E-state index in [1.54, 1.807) is 0 Å². The maximum atomic E-state index is 12.5. The quantitative estimate of drug-likeness (QED) is 0.762. The van der Waals surface area contributed by atoms with Crippen LogP contribution in [-0.2, 0) is 30.6 Å². The molecule has 132 valence electrons. The molecule has 0 spiro atoms. The molecule has 1 amide bonds. The summed E-state index contributed by atoms with van der Waals surface area (Å²) in [5, 5.41) is 4.17. The number of carbonyl (C=O) groups is 1. The average Bonchev–Trinajstić information content (AvgIpc) is 3.38. The molecule has 0 atom stereocenters. The number of ether oxygens (including phenoxy) is 2. The lowest BCUT2D eigenvalue weighted by Crippen LogP contribution is -2.25. The lowest BCUT2D eigenvalue weighted by Gasteiger charge is -2.13. The van der Waals surface area contributed by atoms with Gasteiger partial charge in [0.2, 0.25) is 5.91 Å². The molecule has 2 aliphatic rings. The zero-order valence-electron chi connectivity index (χ0n) is 14.4. The fourth-order valence-electron chi connectivity index (χ4n) is 3.97. The monoisotopic (exact) mass is 348 g/mol. The van der Waals surface area contributed by atoms with E-state index >= 15 is 0 Å². The van der Waals surface area contributed by atoms with Crippen LogP contribution in [-0.4, -0.2) is 24.1 Å². The van der Waals surface area contributed by atoms with Gasteiger partial charge in [0, 0.05) is 53.2 Å². The predicted octanol–water partition coefficient (Wildman–Crippen LogP) is 2.90. The van der Waals surface area contributed by atoms with Crippen molar-refractivity contribution in [1.29, 1.82) is 0 Å². The molecule has 2 aliphatic heterocycles. The Balaban J connectivity index is 1.35. The Morgan fingerprint density at radius 3 is 3.00 bits per heavy atom. The Bertz CT molecular complexity index is 974. The SMILES string of the molecule is O=C(Cc1c[nH]c2ccccc12)NCc1c2c(cc3c1OCC3)OCC2. The fourth-order valence-corrected chi connectivity index (χ4v) is 3.97. The van der Waals surface area contributed by atoms with Crippen molar-refractivity contribution in [2.24, 2.45) is 0 Å². The molecule has 1 aromatic heterocycles. The van der Waals surface area contributed by atoms with Crippen molar-refractivity contribution in [3.8, 4) is 11.5 Å². The number of benzene rings is 2. The van der Waals surface area contributed by atoms with E-state index in [9.17, 15) is 4.79 Å². The van der Waals surface area contributed by atoms with Gasteiger partial charge < -0.3 is 19.8 Å². The summed E-state index contributed by atoms with van der Waals surface area (Å²) in [7, 11) is 0. The first-order chi connectivity index (χ1) is 12.8. The molecule has 0 saturated heterocycles. The van der Waals surface area contributed by atoms with Crippen LogP contribution >= 0.6 is 0 Å². The molecule has 2 N–H and O–H groups in total. The molecule has 5 rings (SSSR count). The number of para-hydroxylation sites is 1. The van der Waals surface area contributed by atoms with Crippen molar-refractivity contribution < 1.29 is 14.3 Å². The molecule has 0 aliphatic carbocycles. The fraction of sp³-hybridized carbons (Fsp3) is 0.286. The molecule has 3 heterocycles. The summed E-state index contributed by atoms with van der Waals surface area (Å²) in [6.07, 6.45) is 4.06. The van der Waals surface area contributed by atoms with Crippen LogP contribution in [0.5, 0.6) is 11.5 Å². The number of nitrogens with one attached hydrogen (secondary N) is 2. The molecule has 0 fully saturated rings. The van der Waals surface area contributed by atoms with Crippen LogP contribution in [0.2, 0.25) is 0 Å². The second kappa shape index (κ2) is 6.09. The summed E-state index contributed by atoms with van der Waals surface area (Å²) in [5.41, 5.74) is 5.52. The van der Waals surface area contributed by atoms with Gasteiger partial charge in [0.1, 0.15) is 11.5 Å². The number of hydrogen-bond donors (Lipinski definition) is 2. The van der Waals surface area contributed by atoms with Crippen molar-refractivity contribution in [2.45, 2.75) is 25.8 Å². The minimum Gasteiger partial charge on any atom is -0.493 e. The highest BCUT2D eigenvalue weighted by Gasteiger charge is 2.26. The summed E-state index contributed by atoms with van der Waals surface area (Å²) >= 11 is 0. The van der Waals surface area contributed by atoms with Gasteiger partial charge in [-0.15, -0.1) is 0 Å². The smallest absolute Gasteiger partial charge is 0.224 e. The number of H-pyrrole nitrogens is 1. The van der Waals surface area contributed by atoms with Gasteiger partial charge in [-0.25, -0.2) is 0 Å². The second-order valence-electron chi connectivity index (χ2n) is 6.83. The van der Waals surface area contributed by atoms with E-state index in [1.165, 1.54) is 11.1 Å². The van der Waals surface area contributed by atoms with E-state index in [-0.39, 0.29) is 5.91 Å². The zero-order valence-corrected chi connectivity index (χ0v) is 14.4. The Labute approximate surface area is 151 Å². The molecule has 0 bridgehead atoms. The standard InChI is InChI=1S/C21H20N2O3/c24-20(10-14-11-22-18-4-2-1-3-15(14)18)23-12-17-16-6-8-25-19(16)9-13-5-7-26-21(13)17/h1-4,9,11,22H,5-8,10,12H2,(H,23,24). The largest absolute Gasteiger partial charge is 0.493 e. The third-order valence-corrected chi connectivity index (χ3v) is 5.25. The zero-order chi connectivity index (χ0) is 17.5. The average molecular weight is 348 g/mol. The van der Waals surface area contributed by atoms with Crippen LogP contribution in [0.1, 0.15) is 22.3 Å². The van der Waals surface area contributed by atoms with E-state index in [0.29, 0.717) is 26.2 Å². The third kappa shape index (κ3) is 2.51. The van der Waals surface area contributed by atoms with Gasteiger partial charge in [-0.3, -0.25) is 4.79 Å². The molecule has 3 aromatic rings. The van der Waals surface area contributed by atoms with Gasteiger partial charge in [0.05, 0.1) is 19.6 Å². The van der Waals surface area contributed by atoms with Crippen LogP contribution in [0, 0.1) is 0 Å². The predicted molar refractivity (Wildman–Crippen MR) is 98.7 cm³/mol. The lowest BCUT2D eigenvalue weighted by molar-refractivity contribution is -0.120. The Kier molecular flexibility index (Phi) is 3.59. The number of aromatic nitrogens is 1. The first kappa shape index (κ1) is 15.3. The maximum Gasteiger partial charge on any atom is 0.224 e. The minimum absolute atomic E-state index is 0.0121. The first-order valence-electron chi connectivity index (χ1n) is 9.04. The van der Waals surface area contributed by atoms with Gasteiger partial charge >= 0.3 is 0 Å². The van der Waals surface area contributed by atoms with Crippen molar-refractivity contribution in [3.63, 3.8) is 0 Å². The molecular formula is C21H20N2O3. The van der Waals surface area contributed by atoms with Crippen LogP contribution in [0.3, 0.4) is 0 Å². The van der Waals surface area contributed by atoms with E-state index in [0.717, 1.165) is 46.4 Å². The minimum atomic E-state index is 0.0121. The van der Waals surface area contributed by atoms with Crippen LogP contribution in [0.15, 0.2) is 36.5 Å². The van der Waals surface area contributed by atoms with E-state index < -0.39 is 0 Å². The van der Waals surface area contributed by atoms with E-state index in [2.05, 4.69) is 16.4 Å². The number of hydrogen-bond acceptors (Lipinski definition) is 3. The molecule has 26 heavy (non-hydrogen) atoms. The topological polar surface area (TPSA) is 63.4 Å². The Hall–Kier alpha value is -2.95. The lowest BCUT2D eigenvalue weighted by atomic mass is 9.99. The highest BCUT2D eigenvalue weighted by atomic mass is 16.5. The molecule has 5 nitrogen and oxygen atoms in total. The van der Waals surface area contributed by atoms with Crippen LogP contribution in [0.25, 0.3) is 10.9 Å². The summed E-state index contributed by atoms with van der Waals surface area (Å²) in [6, 6.07) is 10.1. The van der Waals surface area contributed by atoms with Gasteiger partial charge in [0.25, 0.3) is 0 Å². The Morgan fingerprint density at radius 2 is 2.04 bits per heavy atom. The molecule has 5 heteroatoms. The van der Waals surface area contributed by atoms with Crippen molar-refractivity contribution in [3.05, 3.63) is 58.8 Å². The molecule has 2 aromatic carbocycles. The summed E-state index contributed by atoms with van der Waals surface area (Å²) in [5.74, 6) is 1.91. The second-order valence-corrected chi connectivity index (χ2v) is 6.83. The normalized spacial score (nSPS) is 14.6. The number of rotatable bonds is 4. The van der Waals surface area contributed by atoms with E-state index in [4.69, 9.17) is 9.47 Å². The van der Waals surface area contributed by atoms with Crippen molar-refractivity contribution >= 4 is 16.8 Å².